The van der Waals surface area contributed by atoms with Crippen LogP contribution in [-0.4, -0.2) is 79.6 Å². The zero-order valence-electron chi connectivity index (χ0n) is 19.1. The van der Waals surface area contributed by atoms with Gasteiger partial charge in [-0.3, -0.25) is 14.6 Å². The van der Waals surface area contributed by atoms with E-state index < -0.39 is 0 Å². The Hall–Kier alpha value is -3.10. The third kappa shape index (κ3) is 4.67. The highest BCUT2D eigenvalue weighted by Gasteiger charge is 2.36. The first kappa shape index (κ1) is 21.7. The van der Waals surface area contributed by atoms with Gasteiger partial charge in [-0.25, -0.2) is 0 Å². The summed E-state index contributed by atoms with van der Waals surface area (Å²) in [5, 5.41) is 12.5. The van der Waals surface area contributed by atoms with E-state index in [1.807, 2.05) is 58.1 Å². The number of amides is 1. The highest BCUT2D eigenvalue weighted by Crippen LogP contribution is 2.25. The molecule has 1 amide bonds. The minimum absolute atomic E-state index is 0.00504. The Morgan fingerprint density at radius 3 is 2.36 bits per heavy atom. The van der Waals surface area contributed by atoms with Crippen molar-refractivity contribution in [2.45, 2.75) is 38.4 Å². The summed E-state index contributed by atoms with van der Waals surface area (Å²) in [6.07, 6.45) is 2.01. The predicted molar refractivity (Wildman–Crippen MR) is 126 cm³/mol. The average molecular weight is 446 g/mol. The van der Waals surface area contributed by atoms with Gasteiger partial charge in [0.2, 0.25) is 5.91 Å². The Labute approximate surface area is 194 Å². The van der Waals surface area contributed by atoms with Crippen molar-refractivity contribution in [3.8, 4) is 5.69 Å². The SMILES string of the molecule is C[C@@H](c1nnnn1-c1ccccc1)N1CCN([C@@H]2CCCN(Cc3ccccc3)C2=O)CC1. The van der Waals surface area contributed by atoms with Gasteiger partial charge in [0.1, 0.15) is 0 Å². The lowest BCUT2D eigenvalue weighted by molar-refractivity contribution is -0.141. The number of hydrogen-bond donors (Lipinski definition) is 0. The Balaban J connectivity index is 1.21. The monoisotopic (exact) mass is 445 g/mol. The predicted octanol–water partition coefficient (Wildman–Crippen LogP) is 2.53. The number of likely N-dealkylation sites (tertiary alicyclic amines) is 1. The van der Waals surface area contributed by atoms with Crippen LogP contribution in [0, 0.1) is 0 Å². The average Bonchev–Trinajstić information content (AvgIpc) is 3.36. The number of para-hydroxylation sites is 1. The Kier molecular flexibility index (Phi) is 6.46. The number of rotatable bonds is 6. The summed E-state index contributed by atoms with van der Waals surface area (Å²) in [5.74, 6) is 1.12. The van der Waals surface area contributed by atoms with Gasteiger partial charge in [0.25, 0.3) is 0 Å². The topological polar surface area (TPSA) is 70.4 Å². The van der Waals surface area contributed by atoms with Crippen LogP contribution < -0.4 is 0 Å². The lowest BCUT2D eigenvalue weighted by Crippen LogP contribution is -2.57. The molecule has 8 nitrogen and oxygen atoms in total. The molecule has 0 bridgehead atoms. The summed E-state index contributed by atoms with van der Waals surface area (Å²) in [5.41, 5.74) is 2.16. The molecule has 33 heavy (non-hydrogen) atoms. The van der Waals surface area contributed by atoms with Crippen molar-refractivity contribution in [2.24, 2.45) is 0 Å². The summed E-state index contributed by atoms with van der Waals surface area (Å²) >= 11 is 0. The summed E-state index contributed by atoms with van der Waals surface area (Å²) in [6.45, 7) is 7.27. The van der Waals surface area contributed by atoms with Gasteiger partial charge in [-0.2, -0.15) is 4.68 Å². The van der Waals surface area contributed by atoms with Gasteiger partial charge in [-0.05, 0) is 47.9 Å². The van der Waals surface area contributed by atoms with Crippen LogP contribution in [0.5, 0.6) is 0 Å². The number of piperazine rings is 1. The summed E-state index contributed by atoms with van der Waals surface area (Å²) in [7, 11) is 0. The maximum atomic E-state index is 13.3. The number of carbonyl (C=O) groups is 1. The van der Waals surface area contributed by atoms with Crippen LogP contribution in [-0.2, 0) is 11.3 Å². The van der Waals surface area contributed by atoms with E-state index in [9.17, 15) is 4.79 Å². The second-order valence-corrected chi connectivity index (χ2v) is 8.94. The molecule has 0 spiro atoms. The maximum Gasteiger partial charge on any atom is 0.240 e. The van der Waals surface area contributed by atoms with Crippen molar-refractivity contribution in [3.05, 3.63) is 72.1 Å². The second kappa shape index (κ2) is 9.80. The largest absolute Gasteiger partial charge is 0.337 e. The molecule has 3 aromatic rings. The molecule has 0 aliphatic carbocycles. The number of carbonyl (C=O) groups excluding carboxylic acids is 1. The smallest absolute Gasteiger partial charge is 0.240 e. The fourth-order valence-corrected chi connectivity index (χ4v) is 5.03. The van der Waals surface area contributed by atoms with Gasteiger partial charge in [0, 0.05) is 39.3 Å². The molecule has 2 fully saturated rings. The molecule has 2 saturated heterocycles. The van der Waals surface area contributed by atoms with Crippen LogP contribution >= 0.6 is 0 Å². The van der Waals surface area contributed by atoms with Gasteiger partial charge >= 0.3 is 0 Å². The van der Waals surface area contributed by atoms with Crippen molar-refractivity contribution < 1.29 is 4.79 Å². The first-order valence-corrected chi connectivity index (χ1v) is 11.9. The number of aromatic nitrogens is 4. The van der Waals surface area contributed by atoms with Crippen molar-refractivity contribution in [3.63, 3.8) is 0 Å². The van der Waals surface area contributed by atoms with E-state index in [2.05, 4.69) is 44.4 Å². The lowest BCUT2D eigenvalue weighted by Gasteiger charge is -2.43. The number of nitrogens with zero attached hydrogens (tertiary/aromatic N) is 7. The molecule has 2 aromatic carbocycles. The molecule has 2 atom stereocenters. The molecular weight excluding hydrogens is 414 g/mol. The highest BCUT2D eigenvalue weighted by atomic mass is 16.2. The zero-order valence-corrected chi connectivity index (χ0v) is 19.1. The molecule has 172 valence electrons. The van der Waals surface area contributed by atoms with Crippen LogP contribution in [0.2, 0.25) is 0 Å². The van der Waals surface area contributed by atoms with E-state index in [4.69, 9.17) is 0 Å². The van der Waals surface area contributed by atoms with Crippen LogP contribution in [0.15, 0.2) is 60.7 Å². The van der Waals surface area contributed by atoms with Crippen molar-refractivity contribution in [1.82, 2.24) is 34.9 Å². The van der Waals surface area contributed by atoms with Gasteiger partial charge in [0.15, 0.2) is 5.82 Å². The zero-order chi connectivity index (χ0) is 22.6. The van der Waals surface area contributed by atoms with E-state index in [0.717, 1.165) is 57.1 Å². The van der Waals surface area contributed by atoms with Crippen molar-refractivity contribution in [1.29, 1.82) is 0 Å². The lowest BCUT2D eigenvalue weighted by atomic mass is 10.0. The molecule has 1 aromatic heterocycles. The molecule has 0 saturated carbocycles. The first-order valence-electron chi connectivity index (χ1n) is 11.9. The third-order valence-electron chi connectivity index (χ3n) is 6.92. The molecule has 5 rings (SSSR count). The minimum Gasteiger partial charge on any atom is -0.337 e. The standard InChI is InChI=1S/C25H31N7O/c1-20(24-26-27-28-32(24)22-11-6-3-7-12-22)29-15-17-30(18-16-29)23-13-8-14-31(25(23)33)19-21-9-4-2-5-10-21/h2-7,9-12,20,23H,8,13-19H2,1H3/t20-,23+/m0/s1. The minimum atomic E-state index is -0.00504. The number of benzene rings is 2. The van der Waals surface area contributed by atoms with Crippen LogP contribution in [0.3, 0.4) is 0 Å². The molecule has 0 radical (unpaired) electrons. The van der Waals surface area contributed by atoms with Gasteiger partial charge in [-0.15, -0.1) is 5.10 Å². The first-order chi connectivity index (χ1) is 16.2. The van der Waals surface area contributed by atoms with Gasteiger partial charge in [-0.1, -0.05) is 48.5 Å². The van der Waals surface area contributed by atoms with Crippen LogP contribution in [0.4, 0.5) is 0 Å². The molecule has 2 aliphatic rings. The number of piperidine rings is 1. The highest BCUT2D eigenvalue weighted by molar-refractivity contribution is 5.82. The van der Waals surface area contributed by atoms with E-state index in [1.54, 1.807) is 0 Å². The quantitative estimate of drug-likeness (QED) is 0.581. The molecule has 0 N–H and O–H groups in total. The fraction of sp³-hybridized carbons (Fsp3) is 0.440. The molecule has 0 unspecified atom stereocenters. The van der Waals surface area contributed by atoms with Crippen molar-refractivity contribution in [2.75, 3.05) is 32.7 Å². The Morgan fingerprint density at radius 2 is 1.64 bits per heavy atom. The van der Waals surface area contributed by atoms with Crippen LogP contribution in [0.25, 0.3) is 5.69 Å². The van der Waals surface area contributed by atoms with Crippen LogP contribution in [0.1, 0.15) is 37.2 Å². The van der Waals surface area contributed by atoms with E-state index in [1.165, 1.54) is 5.56 Å². The van der Waals surface area contributed by atoms with E-state index >= 15 is 0 Å². The summed E-state index contributed by atoms with van der Waals surface area (Å²) < 4.78 is 1.82. The van der Waals surface area contributed by atoms with Gasteiger partial charge < -0.3 is 4.90 Å². The normalized spacial score (nSPS) is 21.3. The molecule has 8 heteroatoms. The van der Waals surface area contributed by atoms with Crippen molar-refractivity contribution >= 4 is 5.91 Å². The van der Waals surface area contributed by atoms with E-state index in [0.29, 0.717) is 6.54 Å². The molecule has 3 heterocycles. The second-order valence-electron chi connectivity index (χ2n) is 8.94. The third-order valence-corrected chi connectivity index (χ3v) is 6.92. The van der Waals surface area contributed by atoms with E-state index in [-0.39, 0.29) is 18.0 Å². The maximum absolute atomic E-state index is 13.3. The molecular formula is C25H31N7O. The van der Waals surface area contributed by atoms with Gasteiger partial charge in [0.05, 0.1) is 17.8 Å². The Morgan fingerprint density at radius 1 is 0.939 bits per heavy atom. The molecule has 2 aliphatic heterocycles. The fourth-order valence-electron chi connectivity index (χ4n) is 5.03. The number of hydrogen-bond acceptors (Lipinski definition) is 6. The number of tetrazole rings is 1. The Bertz CT molecular complexity index is 1050. The summed E-state index contributed by atoms with van der Waals surface area (Å²) in [4.78, 5) is 20.1. The summed E-state index contributed by atoms with van der Waals surface area (Å²) in [6, 6.07) is 20.4.